The van der Waals surface area contributed by atoms with Crippen LogP contribution in [0, 0.1) is 5.41 Å². The molecule has 1 fully saturated rings. The fourth-order valence-electron chi connectivity index (χ4n) is 2.68. The van der Waals surface area contributed by atoms with E-state index in [0.717, 1.165) is 26.0 Å². The standard InChI is InChI=1S/C15H32N2O/c1-8-13(3,4)17(7)11-15(16)10-12(18-9-2)14(15,5)6/h12H,8-11,16H2,1-7H3. The van der Waals surface area contributed by atoms with Gasteiger partial charge in [0, 0.05) is 29.6 Å². The first-order valence-corrected chi connectivity index (χ1v) is 7.22. The lowest BCUT2D eigenvalue weighted by atomic mass is 9.54. The third kappa shape index (κ3) is 2.59. The van der Waals surface area contributed by atoms with Crippen molar-refractivity contribution in [3.63, 3.8) is 0 Å². The van der Waals surface area contributed by atoms with Gasteiger partial charge >= 0.3 is 0 Å². The van der Waals surface area contributed by atoms with Crippen molar-refractivity contribution in [2.24, 2.45) is 11.1 Å². The third-order valence-electron chi connectivity index (χ3n) is 5.42. The summed E-state index contributed by atoms with van der Waals surface area (Å²) >= 11 is 0. The normalized spacial score (nSPS) is 31.5. The Labute approximate surface area is 113 Å². The molecule has 1 saturated carbocycles. The Bertz CT molecular complexity index is 288. The number of hydrogen-bond acceptors (Lipinski definition) is 3. The van der Waals surface area contributed by atoms with E-state index in [-0.39, 0.29) is 16.5 Å². The summed E-state index contributed by atoms with van der Waals surface area (Å²) in [6.07, 6.45) is 2.41. The van der Waals surface area contributed by atoms with Gasteiger partial charge in [-0.05, 0) is 40.7 Å². The highest BCUT2D eigenvalue weighted by atomic mass is 16.5. The van der Waals surface area contributed by atoms with E-state index in [9.17, 15) is 0 Å². The van der Waals surface area contributed by atoms with Gasteiger partial charge in [0.05, 0.1) is 6.10 Å². The van der Waals surface area contributed by atoms with Crippen LogP contribution in [-0.2, 0) is 4.74 Å². The van der Waals surface area contributed by atoms with Gasteiger partial charge in [0.1, 0.15) is 0 Å². The first-order valence-electron chi connectivity index (χ1n) is 7.22. The Hall–Kier alpha value is -0.120. The van der Waals surface area contributed by atoms with Crippen molar-refractivity contribution in [3.05, 3.63) is 0 Å². The second kappa shape index (κ2) is 5.10. The minimum absolute atomic E-state index is 0.0566. The van der Waals surface area contributed by atoms with Crippen molar-refractivity contribution in [2.75, 3.05) is 20.2 Å². The molecule has 0 radical (unpaired) electrons. The second-order valence-electron chi connectivity index (χ2n) is 7.05. The van der Waals surface area contributed by atoms with Gasteiger partial charge in [-0.15, -0.1) is 0 Å². The minimum Gasteiger partial charge on any atom is -0.378 e. The summed E-state index contributed by atoms with van der Waals surface area (Å²) in [6.45, 7) is 15.0. The zero-order chi connectivity index (χ0) is 14.2. The zero-order valence-corrected chi connectivity index (χ0v) is 13.3. The molecule has 0 aromatic carbocycles. The Morgan fingerprint density at radius 2 is 1.89 bits per heavy atom. The Balaban J connectivity index is 2.68. The molecule has 3 nitrogen and oxygen atoms in total. The second-order valence-corrected chi connectivity index (χ2v) is 7.05. The van der Waals surface area contributed by atoms with Crippen LogP contribution in [0.15, 0.2) is 0 Å². The summed E-state index contributed by atoms with van der Waals surface area (Å²) in [5.74, 6) is 0. The van der Waals surface area contributed by atoms with E-state index in [4.69, 9.17) is 10.5 Å². The predicted octanol–water partition coefficient (Wildman–Crippen LogP) is 2.64. The van der Waals surface area contributed by atoms with Gasteiger partial charge < -0.3 is 10.5 Å². The highest BCUT2D eigenvalue weighted by Crippen LogP contribution is 2.50. The average Bonchev–Trinajstić information content (AvgIpc) is 2.28. The molecule has 1 rings (SSSR count). The van der Waals surface area contributed by atoms with Crippen LogP contribution in [0.4, 0.5) is 0 Å². The van der Waals surface area contributed by atoms with Crippen LogP contribution in [0.2, 0.25) is 0 Å². The van der Waals surface area contributed by atoms with E-state index in [1.807, 2.05) is 0 Å². The molecule has 0 heterocycles. The SMILES string of the molecule is CCOC1CC(N)(CN(C)C(C)(C)CC)C1(C)C. The third-order valence-corrected chi connectivity index (χ3v) is 5.42. The van der Waals surface area contributed by atoms with Gasteiger partial charge in [0.2, 0.25) is 0 Å². The lowest BCUT2D eigenvalue weighted by molar-refractivity contribution is -0.159. The van der Waals surface area contributed by atoms with Crippen LogP contribution in [-0.4, -0.2) is 42.3 Å². The Morgan fingerprint density at radius 3 is 2.28 bits per heavy atom. The van der Waals surface area contributed by atoms with E-state index in [1.54, 1.807) is 0 Å². The molecule has 2 atom stereocenters. The first kappa shape index (κ1) is 15.9. The van der Waals surface area contributed by atoms with Crippen molar-refractivity contribution < 1.29 is 4.74 Å². The molecular formula is C15H32N2O. The summed E-state index contributed by atoms with van der Waals surface area (Å²) in [4.78, 5) is 2.40. The molecule has 1 aliphatic rings. The maximum Gasteiger partial charge on any atom is 0.0662 e. The molecule has 0 aliphatic heterocycles. The topological polar surface area (TPSA) is 38.5 Å². The quantitative estimate of drug-likeness (QED) is 0.794. The van der Waals surface area contributed by atoms with Crippen molar-refractivity contribution in [3.8, 4) is 0 Å². The van der Waals surface area contributed by atoms with Crippen molar-refractivity contribution in [2.45, 2.75) is 71.6 Å². The highest BCUT2D eigenvalue weighted by Gasteiger charge is 2.59. The monoisotopic (exact) mass is 256 g/mol. The number of likely N-dealkylation sites (N-methyl/N-ethyl adjacent to an activating group) is 1. The zero-order valence-electron chi connectivity index (χ0n) is 13.3. The molecule has 2 unspecified atom stereocenters. The summed E-state index contributed by atoms with van der Waals surface area (Å²) in [5.41, 5.74) is 6.77. The molecule has 0 spiro atoms. The van der Waals surface area contributed by atoms with Gasteiger partial charge in [-0.3, -0.25) is 4.90 Å². The molecule has 0 bridgehead atoms. The van der Waals surface area contributed by atoms with Gasteiger partial charge in [0.15, 0.2) is 0 Å². The number of nitrogens with zero attached hydrogens (tertiary/aromatic N) is 1. The lowest BCUT2D eigenvalue weighted by Gasteiger charge is -2.61. The lowest BCUT2D eigenvalue weighted by Crippen LogP contribution is -2.74. The molecule has 0 amide bonds. The summed E-state index contributed by atoms with van der Waals surface area (Å²) in [5, 5.41) is 0. The summed E-state index contributed by atoms with van der Waals surface area (Å²) < 4.78 is 5.78. The Morgan fingerprint density at radius 1 is 1.33 bits per heavy atom. The maximum absolute atomic E-state index is 6.63. The molecule has 0 aromatic heterocycles. The van der Waals surface area contributed by atoms with E-state index in [2.05, 4.69) is 53.5 Å². The van der Waals surface area contributed by atoms with E-state index in [0.29, 0.717) is 6.10 Å². The van der Waals surface area contributed by atoms with Crippen molar-refractivity contribution >= 4 is 0 Å². The van der Waals surface area contributed by atoms with Crippen LogP contribution < -0.4 is 5.73 Å². The maximum atomic E-state index is 6.63. The molecule has 0 saturated heterocycles. The van der Waals surface area contributed by atoms with Gasteiger partial charge in [-0.2, -0.15) is 0 Å². The van der Waals surface area contributed by atoms with E-state index in [1.165, 1.54) is 0 Å². The predicted molar refractivity (Wildman–Crippen MR) is 77.7 cm³/mol. The van der Waals surface area contributed by atoms with E-state index < -0.39 is 0 Å². The van der Waals surface area contributed by atoms with Crippen molar-refractivity contribution in [1.82, 2.24) is 4.90 Å². The van der Waals surface area contributed by atoms with Crippen molar-refractivity contribution in [1.29, 1.82) is 0 Å². The van der Waals surface area contributed by atoms with Crippen LogP contribution in [0.1, 0.15) is 54.4 Å². The van der Waals surface area contributed by atoms with Crippen LogP contribution in [0.3, 0.4) is 0 Å². The molecular weight excluding hydrogens is 224 g/mol. The fourth-order valence-corrected chi connectivity index (χ4v) is 2.68. The fraction of sp³-hybridized carbons (Fsp3) is 1.00. The number of hydrogen-bond donors (Lipinski definition) is 1. The molecule has 3 heteroatoms. The average molecular weight is 256 g/mol. The van der Waals surface area contributed by atoms with Gasteiger partial charge in [-0.25, -0.2) is 0 Å². The minimum atomic E-state index is -0.131. The summed E-state index contributed by atoms with van der Waals surface area (Å²) in [6, 6.07) is 0. The molecule has 108 valence electrons. The van der Waals surface area contributed by atoms with E-state index >= 15 is 0 Å². The van der Waals surface area contributed by atoms with Gasteiger partial charge in [-0.1, -0.05) is 20.8 Å². The largest absolute Gasteiger partial charge is 0.378 e. The van der Waals surface area contributed by atoms with Crippen LogP contribution >= 0.6 is 0 Å². The molecule has 18 heavy (non-hydrogen) atoms. The smallest absolute Gasteiger partial charge is 0.0662 e. The Kier molecular flexibility index (Phi) is 4.52. The molecule has 1 aliphatic carbocycles. The van der Waals surface area contributed by atoms with Crippen LogP contribution in [0.25, 0.3) is 0 Å². The molecule has 0 aromatic rings. The first-order chi connectivity index (χ1) is 8.10. The van der Waals surface area contributed by atoms with Crippen LogP contribution in [0.5, 0.6) is 0 Å². The summed E-state index contributed by atoms with van der Waals surface area (Å²) in [7, 11) is 2.18. The highest BCUT2D eigenvalue weighted by molar-refractivity contribution is 5.15. The number of rotatable bonds is 6. The number of nitrogens with two attached hydrogens (primary N) is 1. The molecule has 2 N–H and O–H groups in total. The number of ether oxygens (including phenoxy) is 1. The van der Waals surface area contributed by atoms with Gasteiger partial charge in [0.25, 0.3) is 0 Å².